The van der Waals surface area contributed by atoms with Crippen LogP contribution in [0.1, 0.15) is 16.1 Å². The predicted octanol–water partition coefficient (Wildman–Crippen LogP) is 5.20. The Hall–Kier alpha value is -3.84. The van der Waals surface area contributed by atoms with E-state index < -0.39 is 10.8 Å². The minimum absolute atomic E-state index is 0.319. The minimum atomic E-state index is -1.39. The van der Waals surface area contributed by atoms with Gasteiger partial charge in [-0.15, -0.1) is 0 Å². The number of halogens is 1. The molecule has 160 valence electrons. The van der Waals surface area contributed by atoms with Crippen molar-refractivity contribution in [2.24, 2.45) is 0 Å². The topological polar surface area (TPSA) is 85.1 Å². The SMILES string of the molecule is Cc1ncccc1S(=O)c1ccc(C(=O)Nc2cc(-c3ccc(F)cc3)ccc2N)cc1. The Labute approximate surface area is 187 Å². The molecular weight excluding hydrogens is 425 g/mol. The van der Waals surface area contributed by atoms with Crippen molar-refractivity contribution in [3.63, 3.8) is 0 Å². The van der Waals surface area contributed by atoms with Gasteiger partial charge < -0.3 is 11.1 Å². The van der Waals surface area contributed by atoms with Crippen molar-refractivity contribution in [2.45, 2.75) is 16.7 Å². The van der Waals surface area contributed by atoms with Gasteiger partial charge >= 0.3 is 0 Å². The lowest BCUT2D eigenvalue weighted by molar-refractivity contribution is 0.102. The van der Waals surface area contributed by atoms with Crippen molar-refractivity contribution in [3.05, 3.63) is 102 Å². The van der Waals surface area contributed by atoms with Crippen LogP contribution in [0.2, 0.25) is 0 Å². The highest BCUT2D eigenvalue weighted by Gasteiger charge is 2.13. The first-order valence-corrected chi connectivity index (χ1v) is 11.0. The van der Waals surface area contributed by atoms with E-state index in [4.69, 9.17) is 5.73 Å². The first-order valence-electron chi connectivity index (χ1n) is 9.82. The average Bonchev–Trinajstić information content (AvgIpc) is 2.81. The molecule has 0 aliphatic heterocycles. The van der Waals surface area contributed by atoms with Crippen molar-refractivity contribution in [1.29, 1.82) is 0 Å². The van der Waals surface area contributed by atoms with Crippen LogP contribution in [0.5, 0.6) is 0 Å². The predicted molar refractivity (Wildman–Crippen MR) is 124 cm³/mol. The number of benzene rings is 3. The maximum atomic E-state index is 13.2. The second-order valence-corrected chi connectivity index (χ2v) is 8.59. The first kappa shape index (κ1) is 21.4. The zero-order chi connectivity index (χ0) is 22.7. The summed E-state index contributed by atoms with van der Waals surface area (Å²) >= 11 is 0. The highest BCUT2D eigenvalue weighted by atomic mass is 32.2. The Bertz CT molecular complexity index is 1310. The van der Waals surface area contributed by atoms with Crippen LogP contribution in [0.4, 0.5) is 15.8 Å². The third-order valence-electron chi connectivity index (χ3n) is 4.97. The maximum absolute atomic E-state index is 13.2. The van der Waals surface area contributed by atoms with E-state index in [1.54, 1.807) is 73.8 Å². The van der Waals surface area contributed by atoms with E-state index in [9.17, 15) is 13.4 Å². The summed E-state index contributed by atoms with van der Waals surface area (Å²) in [7, 11) is -1.39. The van der Waals surface area contributed by atoms with Crippen LogP contribution >= 0.6 is 0 Å². The summed E-state index contributed by atoms with van der Waals surface area (Å²) in [6.07, 6.45) is 1.65. The number of amides is 1. The number of anilines is 2. The van der Waals surface area contributed by atoms with Crippen molar-refractivity contribution in [2.75, 3.05) is 11.1 Å². The summed E-state index contributed by atoms with van der Waals surface area (Å²) in [4.78, 5) is 18.1. The molecule has 3 N–H and O–H groups in total. The Morgan fingerprint density at radius 3 is 2.34 bits per heavy atom. The average molecular weight is 446 g/mol. The number of rotatable bonds is 5. The zero-order valence-corrected chi connectivity index (χ0v) is 18.0. The quantitative estimate of drug-likeness (QED) is 0.414. The fourth-order valence-corrected chi connectivity index (χ4v) is 4.36. The van der Waals surface area contributed by atoms with E-state index in [-0.39, 0.29) is 11.7 Å². The molecule has 1 atom stereocenters. The van der Waals surface area contributed by atoms with Gasteiger partial charge in [-0.05, 0) is 78.7 Å². The molecule has 0 aliphatic carbocycles. The van der Waals surface area contributed by atoms with Gasteiger partial charge in [0.05, 0.1) is 32.8 Å². The van der Waals surface area contributed by atoms with E-state index >= 15 is 0 Å². The second-order valence-electron chi connectivity index (χ2n) is 7.14. The molecule has 4 rings (SSSR count). The van der Waals surface area contributed by atoms with Gasteiger partial charge in [-0.25, -0.2) is 8.60 Å². The number of carbonyl (C=O) groups is 1. The number of nitrogens with two attached hydrogens (primary N) is 1. The molecule has 1 heterocycles. The van der Waals surface area contributed by atoms with Crippen LogP contribution in [0.3, 0.4) is 0 Å². The third-order valence-corrected chi connectivity index (χ3v) is 6.50. The van der Waals surface area contributed by atoms with Crippen LogP contribution in [0.25, 0.3) is 11.1 Å². The fraction of sp³-hybridized carbons (Fsp3) is 0.0400. The normalized spacial score (nSPS) is 11.7. The molecule has 0 spiro atoms. The molecule has 0 saturated carbocycles. The molecule has 0 bridgehead atoms. The second kappa shape index (κ2) is 9.11. The Morgan fingerprint density at radius 1 is 0.969 bits per heavy atom. The van der Waals surface area contributed by atoms with Crippen molar-refractivity contribution >= 4 is 28.1 Å². The molecule has 5 nitrogen and oxygen atoms in total. The molecule has 0 aliphatic rings. The molecule has 7 heteroatoms. The van der Waals surface area contributed by atoms with Gasteiger partial charge in [0.2, 0.25) is 0 Å². The van der Waals surface area contributed by atoms with Gasteiger partial charge in [-0.3, -0.25) is 9.78 Å². The van der Waals surface area contributed by atoms with E-state index in [2.05, 4.69) is 10.3 Å². The largest absolute Gasteiger partial charge is 0.397 e. The lowest BCUT2D eigenvalue weighted by atomic mass is 10.0. The third kappa shape index (κ3) is 4.58. The molecule has 0 fully saturated rings. The van der Waals surface area contributed by atoms with Gasteiger partial charge in [0.1, 0.15) is 5.82 Å². The zero-order valence-electron chi connectivity index (χ0n) is 17.2. The van der Waals surface area contributed by atoms with Crippen LogP contribution in [-0.2, 0) is 10.8 Å². The van der Waals surface area contributed by atoms with Gasteiger partial charge in [-0.2, -0.15) is 0 Å². The molecule has 1 aromatic heterocycles. The smallest absolute Gasteiger partial charge is 0.255 e. The molecular formula is C25H20FN3O2S. The monoisotopic (exact) mass is 445 g/mol. The number of nitrogens with one attached hydrogen (secondary N) is 1. The lowest BCUT2D eigenvalue weighted by Crippen LogP contribution is -2.13. The number of hydrogen-bond acceptors (Lipinski definition) is 4. The van der Waals surface area contributed by atoms with Gasteiger partial charge in [0, 0.05) is 16.7 Å². The number of pyridine rings is 1. The van der Waals surface area contributed by atoms with Crippen molar-refractivity contribution in [3.8, 4) is 11.1 Å². The van der Waals surface area contributed by atoms with E-state index in [0.29, 0.717) is 32.4 Å². The molecule has 3 aromatic carbocycles. The van der Waals surface area contributed by atoms with Crippen molar-refractivity contribution < 1.29 is 13.4 Å². The lowest BCUT2D eigenvalue weighted by Gasteiger charge is -2.11. The number of nitrogen functional groups attached to an aromatic ring is 1. The number of nitrogens with zero attached hydrogens (tertiary/aromatic N) is 1. The summed E-state index contributed by atoms with van der Waals surface area (Å²) in [6.45, 7) is 1.81. The Kier molecular flexibility index (Phi) is 6.09. The van der Waals surface area contributed by atoms with E-state index in [1.807, 2.05) is 6.07 Å². The van der Waals surface area contributed by atoms with Crippen LogP contribution in [0.15, 0.2) is 94.9 Å². The fourth-order valence-electron chi connectivity index (χ4n) is 3.20. The number of hydrogen-bond donors (Lipinski definition) is 2. The molecule has 0 saturated heterocycles. The van der Waals surface area contributed by atoms with Crippen LogP contribution in [-0.4, -0.2) is 15.1 Å². The molecule has 1 unspecified atom stereocenters. The number of carbonyl (C=O) groups excluding carboxylic acids is 1. The maximum Gasteiger partial charge on any atom is 0.255 e. The van der Waals surface area contributed by atoms with Gasteiger partial charge in [0.15, 0.2) is 0 Å². The summed E-state index contributed by atoms with van der Waals surface area (Å²) in [5.74, 6) is -0.663. The Balaban J connectivity index is 1.53. The summed E-state index contributed by atoms with van der Waals surface area (Å²) in [5, 5.41) is 2.81. The highest BCUT2D eigenvalue weighted by Crippen LogP contribution is 2.28. The standard InChI is InChI=1S/C25H20FN3O2S/c1-16-24(3-2-14-28-16)32(31)21-11-6-18(7-12-21)25(30)29-23-15-19(8-13-22(23)27)17-4-9-20(26)10-5-17/h2-15H,27H2,1H3,(H,29,30). The minimum Gasteiger partial charge on any atom is -0.397 e. The summed E-state index contributed by atoms with van der Waals surface area (Å²) in [6, 6.07) is 21.4. The highest BCUT2D eigenvalue weighted by molar-refractivity contribution is 7.85. The number of aryl methyl sites for hydroxylation is 1. The summed E-state index contributed by atoms with van der Waals surface area (Å²) in [5.41, 5.74) is 9.61. The Morgan fingerprint density at radius 2 is 1.66 bits per heavy atom. The van der Waals surface area contributed by atoms with Gasteiger partial charge in [-0.1, -0.05) is 18.2 Å². The summed E-state index contributed by atoms with van der Waals surface area (Å²) < 4.78 is 26.0. The van der Waals surface area contributed by atoms with Crippen molar-refractivity contribution in [1.82, 2.24) is 4.98 Å². The molecule has 32 heavy (non-hydrogen) atoms. The van der Waals surface area contributed by atoms with E-state index in [1.165, 1.54) is 12.1 Å². The van der Waals surface area contributed by atoms with E-state index in [0.717, 1.165) is 11.1 Å². The van der Waals surface area contributed by atoms with Gasteiger partial charge in [0.25, 0.3) is 5.91 Å². The van der Waals surface area contributed by atoms with Crippen LogP contribution < -0.4 is 11.1 Å². The van der Waals surface area contributed by atoms with Crippen LogP contribution in [0, 0.1) is 12.7 Å². The first-order chi connectivity index (χ1) is 15.4. The molecule has 0 radical (unpaired) electrons. The molecule has 4 aromatic rings. The molecule has 1 amide bonds. The number of aromatic nitrogens is 1.